The molecule has 0 bridgehead atoms. The third-order valence-corrected chi connectivity index (χ3v) is 8.69. The summed E-state index contributed by atoms with van der Waals surface area (Å²) >= 11 is 0. The maximum absolute atomic E-state index is 13.3. The van der Waals surface area contributed by atoms with Gasteiger partial charge < -0.3 is 5.11 Å². The van der Waals surface area contributed by atoms with E-state index in [1.54, 1.807) is 6.92 Å². The van der Waals surface area contributed by atoms with Crippen molar-refractivity contribution in [2.24, 2.45) is 40.4 Å². The molecule has 0 spiro atoms. The first-order chi connectivity index (χ1) is 11.8. The average molecular weight is 346 g/mol. The van der Waals surface area contributed by atoms with Crippen molar-refractivity contribution in [2.75, 3.05) is 6.61 Å². The summed E-state index contributed by atoms with van der Waals surface area (Å²) in [5.74, 6) is 1.50. The first-order valence-electron chi connectivity index (χ1n) is 9.99. The van der Waals surface area contributed by atoms with Crippen molar-refractivity contribution < 1.29 is 19.5 Å². The molecule has 0 radical (unpaired) electrons. The first kappa shape index (κ1) is 17.4. The Hall–Kier alpha value is -1.03. The van der Waals surface area contributed by atoms with Crippen LogP contribution in [0, 0.1) is 40.4 Å². The third kappa shape index (κ3) is 2.25. The summed E-state index contributed by atoms with van der Waals surface area (Å²) in [6.07, 6.45) is 6.19. The number of fused-ring (bicyclic) bond motifs is 5. The van der Waals surface area contributed by atoms with Gasteiger partial charge in [0.25, 0.3) is 0 Å². The number of aliphatic hydroxyl groups excluding tert-OH is 1. The Kier molecular flexibility index (Phi) is 3.99. The lowest BCUT2D eigenvalue weighted by molar-refractivity contribution is -0.166. The summed E-state index contributed by atoms with van der Waals surface area (Å²) in [7, 11) is 0. The Labute approximate surface area is 149 Å². The fraction of sp³-hybridized carbons (Fsp3) is 0.857. The van der Waals surface area contributed by atoms with Crippen LogP contribution in [0.5, 0.6) is 0 Å². The van der Waals surface area contributed by atoms with Gasteiger partial charge in [0.2, 0.25) is 0 Å². The Balaban J connectivity index is 1.71. The highest BCUT2D eigenvalue weighted by molar-refractivity contribution is 5.88. The number of aliphatic hydroxyl groups is 1. The third-order valence-electron chi connectivity index (χ3n) is 8.69. The monoisotopic (exact) mass is 346 g/mol. The fourth-order valence-electron chi connectivity index (χ4n) is 7.55. The molecular weight excluding hydrogens is 316 g/mol. The highest BCUT2D eigenvalue weighted by Crippen LogP contribution is 2.66. The van der Waals surface area contributed by atoms with Crippen molar-refractivity contribution in [1.82, 2.24) is 0 Å². The van der Waals surface area contributed by atoms with Crippen molar-refractivity contribution in [1.29, 1.82) is 0 Å². The van der Waals surface area contributed by atoms with Crippen LogP contribution in [0.15, 0.2) is 0 Å². The predicted molar refractivity (Wildman–Crippen MR) is 92.7 cm³/mol. The average Bonchev–Trinajstić information content (AvgIpc) is 2.95. The molecule has 0 saturated heterocycles. The number of hydrogen-bond acceptors (Lipinski definition) is 4. The minimum atomic E-state index is -0.516. The van der Waals surface area contributed by atoms with E-state index in [-0.39, 0.29) is 47.3 Å². The molecule has 0 aliphatic heterocycles. The van der Waals surface area contributed by atoms with Gasteiger partial charge in [0.05, 0.1) is 6.61 Å². The molecule has 138 valence electrons. The van der Waals surface area contributed by atoms with E-state index in [2.05, 4.69) is 6.92 Å². The molecule has 4 saturated carbocycles. The second-order valence-corrected chi connectivity index (χ2v) is 9.55. The fourth-order valence-corrected chi connectivity index (χ4v) is 7.55. The quantitative estimate of drug-likeness (QED) is 0.834. The van der Waals surface area contributed by atoms with Crippen LogP contribution in [-0.4, -0.2) is 29.1 Å². The molecule has 4 fully saturated rings. The Morgan fingerprint density at radius 2 is 1.96 bits per heavy atom. The lowest BCUT2D eigenvalue weighted by Crippen LogP contribution is -2.59. The Bertz CT molecular complexity index is 625. The lowest BCUT2D eigenvalue weighted by atomic mass is 9.44. The van der Waals surface area contributed by atoms with E-state index in [1.165, 1.54) is 0 Å². The van der Waals surface area contributed by atoms with Gasteiger partial charge in [-0.05, 0) is 62.2 Å². The van der Waals surface area contributed by atoms with E-state index in [0.29, 0.717) is 31.0 Å². The zero-order chi connectivity index (χ0) is 18.0. The number of carbonyl (C=O) groups is 3. The standard InChI is InChI=1S/C21H30O4/c1-12(23)16-5-6-17-15-4-3-13-9-14(24)7-8-20(13,2)19(15)18(25)10-21(16,17)11-22/h13,15-17,19,22H,3-11H2,1-2H3/t13-,15+,16-,17+,19-,20+,21+/m1/s1. The number of Topliss-reactive ketones (excluding diaryl/α,β-unsaturated/α-hetero) is 3. The van der Waals surface area contributed by atoms with Crippen LogP contribution in [0.3, 0.4) is 0 Å². The number of rotatable bonds is 2. The zero-order valence-electron chi connectivity index (χ0n) is 15.4. The first-order valence-corrected chi connectivity index (χ1v) is 9.99. The molecule has 0 heterocycles. The van der Waals surface area contributed by atoms with E-state index in [0.717, 1.165) is 32.1 Å². The SMILES string of the molecule is CC(=O)[C@H]1CC[C@H]2[C@@H]3CC[C@@H]4CC(=O)CC[C@]4(C)[C@H]3C(=O)C[C@]12CO. The van der Waals surface area contributed by atoms with Crippen LogP contribution in [0.4, 0.5) is 0 Å². The minimum Gasteiger partial charge on any atom is -0.396 e. The molecule has 1 N–H and O–H groups in total. The van der Waals surface area contributed by atoms with Crippen LogP contribution in [0.2, 0.25) is 0 Å². The molecule has 0 aromatic heterocycles. The molecule has 7 atom stereocenters. The van der Waals surface area contributed by atoms with Crippen molar-refractivity contribution >= 4 is 17.3 Å². The summed E-state index contributed by atoms with van der Waals surface area (Å²) in [4.78, 5) is 37.5. The Morgan fingerprint density at radius 3 is 2.64 bits per heavy atom. The maximum atomic E-state index is 13.3. The highest BCUT2D eigenvalue weighted by atomic mass is 16.3. The van der Waals surface area contributed by atoms with Gasteiger partial charge >= 0.3 is 0 Å². The van der Waals surface area contributed by atoms with Gasteiger partial charge in [-0.1, -0.05) is 6.92 Å². The second-order valence-electron chi connectivity index (χ2n) is 9.55. The van der Waals surface area contributed by atoms with Gasteiger partial charge in [0.15, 0.2) is 0 Å². The normalized spacial score (nSPS) is 49.3. The molecule has 0 amide bonds. The number of hydrogen-bond donors (Lipinski definition) is 1. The molecule has 4 rings (SSSR count). The van der Waals surface area contributed by atoms with Crippen molar-refractivity contribution in [3.05, 3.63) is 0 Å². The summed E-state index contributed by atoms with van der Waals surface area (Å²) < 4.78 is 0. The number of carbonyl (C=O) groups excluding carboxylic acids is 3. The van der Waals surface area contributed by atoms with Gasteiger partial charge in [-0.2, -0.15) is 0 Å². The summed E-state index contributed by atoms with van der Waals surface area (Å²) in [5.41, 5.74) is -0.582. The van der Waals surface area contributed by atoms with Gasteiger partial charge in [0.1, 0.15) is 17.3 Å². The highest BCUT2D eigenvalue weighted by Gasteiger charge is 2.65. The van der Waals surface area contributed by atoms with Gasteiger partial charge in [-0.15, -0.1) is 0 Å². The molecule has 0 unspecified atom stereocenters. The molecule has 4 heteroatoms. The topological polar surface area (TPSA) is 71.4 Å². The molecule has 4 nitrogen and oxygen atoms in total. The molecule has 0 aromatic rings. The largest absolute Gasteiger partial charge is 0.396 e. The van der Waals surface area contributed by atoms with Crippen molar-refractivity contribution in [3.8, 4) is 0 Å². The van der Waals surface area contributed by atoms with Crippen LogP contribution < -0.4 is 0 Å². The summed E-state index contributed by atoms with van der Waals surface area (Å²) in [6.45, 7) is 3.81. The van der Waals surface area contributed by atoms with E-state index >= 15 is 0 Å². The molecule has 4 aliphatic rings. The van der Waals surface area contributed by atoms with E-state index in [4.69, 9.17) is 0 Å². The van der Waals surface area contributed by atoms with Gasteiger partial charge in [0, 0.05) is 36.5 Å². The van der Waals surface area contributed by atoms with Crippen LogP contribution in [0.1, 0.15) is 65.2 Å². The van der Waals surface area contributed by atoms with E-state index < -0.39 is 5.41 Å². The summed E-state index contributed by atoms with van der Waals surface area (Å²) in [6, 6.07) is 0. The van der Waals surface area contributed by atoms with Crippen LogP contribution in [0.25, 0.3) is 0 Å². The van der Waals surface area contributed by atoms with Crippen LogP contribution in [-0.2, 0) is 14.4 Å². The lowest BCUT2D eigenvalue weighted by Gasteiger charge is -2.59. The van der Waals surface area contributed by atoms with Crippen molar-refractivity contribution in [3.63, 3.8) is 0 Å². The van der Waals surface area contributed by atoms with Crippen LogP contribution >= 0.6 is 0 Å². The molecule has 25 heavy (non-hydrogen) atoms. The predicted octanol–water partition coefficient (Wildman–Crippen LogP) is 2.95. The zero-order valence-corrected chi connectivity index (χ0v) is 15.4. The summed E-state index contributed by atoms with van der Waals surface area (Å²) in [5, 5.41) is 10.3. The Morgan fingerprint density at radius 1 is 1.20 bits per heavy atom. The van der Waals surface area contributed by atoms with E-state index in [1.807, 2.05) is 0 Å². The van der Waals surface area contributed by atoms with Gasteiger partial charge in [-0.25, -0.2) is 0 Å². The maximum Gasteiger partial charge on any atom is 0.137 e. The second kappa shape index (κ2) is 5.73. The molecule has 4 aliphatic carbocycles. The molecular formula is C21H30O4. The van der Waals surface area contributed by atoms with E-state index in [9.17, 15) is 19.5 Å². The number of ketones is 3. The molecule has 0 aromatic carbocycles. The van der Waals surface area contributed by atoms with Crippen molar-refractivity contribution in [2.45, 2.75) is 65.2 Å². The van der Waals surface area contributed by atoms with Gasteiger partial charge in [-0.3, -0.25) is 14.4 Å². The smallest absolute Gasteiger partial charge is 0.137 e. The minimum absolute atomic E-state index is 0.0229.